The molecule has 3 rings (SSSR count). The topological polar surface area (TPSA) is 21.8 Å². The lowest BCUT2D eigenvalue weighted by Gasteiger charge is -2.28. The van der Waals surface area contributed by atoms with Crippen LogP contribution in [0.4, 0.5) is 0 Å². The number of benzene rings is 1. The summed E-state index contributed by atoms with van der Waals surface area (Å²) in [5.74, 6) is 2.55. The number of hydrogen-bond acceptors (Lipinski definition) is 2. The molecule has 1 saturated heterocycles. The highest BCUT2D eigenvalue weighted by Crippen LogP contribution is 2.44. The third-order valence-electron chi connectivity index (χ3n) is 5.09. The minimum absolute atomic E-state index is 0.585. The van der Waals surface area contributed by atoms with Crippen LogP contribution in [0, 0.1) is 5.92 Å². The summed E-state index contributed by atoms with van der Waals surface area (Å²) in [6.45, 7) is 5.02. The zero-order chi connectivity index (χ0) is 14.7. The summed E-state index contributed by atoms with van der Waals surface area (Å²) in [4.78, 5) is 0. The van der Waals surface area contributed by atoms with Gasteiger partial charge in [-0.15, -0.1) is 0 Å². The summed E-state index contributed by atoms with van der Waals surface area (Å²) in [6, 6.07) is 8.74. The average Bonchev–Trinajstić information content (AvgIpc) is 3.28. The lowest BCUT2D eigenvalue weighted by molar-refractivity contribution is 0.248. The monoisotopic (exact) mass is 288 g/mol. The van der Waals surface area contributed by atoms with E-state index in [1.54, 1.807) is 0 Å². The molecule has 2 aliphatic rings. The molecular weight excluding hydrogens is 260 g/mol. The standard InChI is InChI=1S/C19H28O2/c1-3-5-18-19(21-18)16-8-6-14(7-9-16)15-10-12-17(13-11-15)20-4-2/h10-14,16,18-19H,3-9H2,1-2H3/t14-,16-,18?,19?. The molecule has 0 bridgehead atoms. The minimum Gasteiger partial charge on any atom is -0.494 e. The van der Waals surface area contributed by atoms with E-state index in [4.69, 9.17) is 9.47 Å². The highest BCUT2D eigenvalue weighted by Gasteiger charge is 2.44. The first-order valence-corrected chi connectivity index (χ1v) is 8.70. The Morgan fingerprint density at radius 1 is 1.05 bits per heavy atom. The molecule has 1 aromatic rings. The molecule has 2 fully saturated rings. The molecule has 2 heteroatoms. The largest absolute Gasteiger partial charge is 0.494 e. The predicted octanol–water partition coefficient (Wildman–Crippen LogP) is 4.93. The Balaban J connectivity index is 1.49. The Bertz CT molecular complexity index is 431. The van der Waals surface area contributed by atoms with Crippen molar-refractivity contribution in [3.63, 3.8) is 0 Å². The SMILES string of the molecule is CCCC1OC1[C@H]1CC[C@H](c2ccc(OCC)cc2)CC1. The first-order chi connectivity index (χ1) is 10.3. The Kier molecular flexibility index (Phi) is 4.84. The number of epoxide rings is 1. The van der Waals surface area contributed by atoms with Gasteiger partial charge in [0, 0.05) is 0 Å². The van der Waals surface area contributed by atoms with Crippen LogP contribution in [0.25, 0.3) is 0 Å². The fraction of sp³-hybridized carbons (Fsp3) is 0.684. The van der Waals surface area contributed by atoms with Crippen LogP contribution in [0.5, 0.6) is 5.75 Å². The van der Waals surface area contributed by atoms with Gasteiger partial charge in [-0.25, -0.2) is 0 Å². The molecule has 0 radical (unpaired) electrons. The molecule has 21 heavy (non-hydrogen) atoms. The molecule has 2 nitrogen and oxygen atoms in total. The number of ether oxygens (including phenoxy) is 2. The van der Waals surface area contributed by atoms with E-state index >= 15 is 0 Å². The normalized spacial score (nSPS) is 31.9. The molecule has 1 heterocycles. The summed E-state index contributed by atoms with van der Waals surface area (Å²) in [5, 5.41) is 0. The van der Waals surface area contributed by atoms with Gasteiger partial charge < -0.3 is 9.47 Å². The van der Waals surface area contributed by atoms with Crippen LogP contribution in [0.3, 0.4) is 0 Å². The Hall–Kier alpha value is -1.02. The van der Waals surface area contributed by atoms with Gasteiger partial charge in [0.25, 0.3) is 0 Å². The third-order valence-corrected chi connectivity index (χ3v) is 5.09. The molecule has 2 atom stereocenters. The van der Waals surface area contributed by atoms with Crippen molar-refractivity contribution in [3.8, 4) is 5.75 Å². The van der Waals surface area contributed by atoms with Crippen LogP contribution in [0.1, 0.15) is 63.9 Å². The maximum Gasteiger partial charge on any atom is 0.119 e. The van der Waals surface area contributed by atoms with Gasteiger partial charge in [-0.2, -0.15) is 0 Å². The van der Waals surface area contributed by atoms with Crippen LogP contribution >= 0.6 is 0 Å². The molecule has 2 unspecified atom stereocenters. The molecule has 1 aromatic carbocycles. The summed E-state index contributed by atoms with van der Waals surface area (Å²) < 4.78 is 11.4. The third kappa shape index (κ3) is 3.60. The maximum atomic E-state index is 5.86. The van der Waals surface area contributed by atoms with E-state index in [-0.39, 0.29) is 0 Å². The van der Waals surface area contributed by atoms with E-state index in [0.29, 0.717) is 12.2 Å². The van der Waals surface area contributed by atoms with E-state index < -0.39 is 0 Å². The first kappa shape index (κ1) is 14.9. The van der Waals surface area contributed by atoms with Crippen LogP contribution in [0.2, 0.25) is 0 Å². The van der Waals surface area contributed by atoms with Crippen LogP contribution in [0.15, 0.2) is 24.3 Å². The van der Waals surface area contributed by atoms with Crippen molar-refractivity contribution in [2.45, 2.75) is 70.5 Å². The van der Waals surface area contributed by atoms with Crippen LogP contribution in [-0.4, -0.2) is 18.8 Å². The minimum atomic E-state index is 0.585. The van der Waals surface area contributed by atoms with Gasteiger partial charge in [0.1, 0.15) is 5.75 Å². The van der Waals surface area contributed by atoms with Gasteiger partial charge >= 0.3 is 0 Å². The average molecular weight is 288 g/mol. The van der Waals surface area contributed by atoms with Gasteiger partial charge in [0.05, 0.1) is 18.8 Å². The molecular formula is C19H28O2. The highest BCUT2D eigenvalue weighted by molar-refractivity contribution is 5.29. The second-order valence-electron chi connectivity index (χ2n) is 6.54. The summed E-state index contributed by atoms with van der Waals surface area (Å²) in [7, 11) is 0. The zero-order valence-corrected chi connectivity index (χ0v) is 13.4. The van der Waals surface area contributed by atoms with Gasteiger partial charge in [-0.3, -0.25) is 0 Å². The molecule has 0 aromatic heterocycles. The van der Waals surface area contributed by atoms with Crippen molar-refractivity contribution in [1.29, 1.82) is 0 Å². The summed E-state index contributed by atoms with van der Waals surface area (Å²) in [6.07, 6.45) is 8.99. The molecule has 1 saturated carbocycles. The van der Waals surface area contributed by atoms with Crippen LogP contribution < -0.4 is 4.74 Å². The van der Waals surface area contributed by atoms with E-state index in [9.17, 15) is 0 Å². The molecule has 1 aliphatic carbocycles. The molecule has 1 aliphatic heterocycles. The number of hydrogen-bond donors (Lipinski definition) is 0. The highest BCUT2D eigenvalue weighted by atomic mass is 16.6. The van der Waals surface area contributed by atoms with Gasteiger partial charge in [0.2, 0.25) is 0 Å². The molecule has 0 amide bonds. The van der Waals surface area contributed by atoms with Crippen molar-refractivity contribution in [2.75, 3.05) is 6.61 Å². The van der Waals surface area contributed by atoms with Crippen molar-refractivity contribution in [3.05, 3.63) is 29.8 Å². The smallest absolute Gasteiger partial charge is 0.119 e. The van der Waals surface area contributed by atoms with Crippen molar-refractivity contribution in [1.82, 2.24) is 0 Å². The molecule has 0 spiro atoms. The van der Waals surface area contributed by atoms with Crippen molar-refractivity contribution >= 4 is 0 Å². The quantitative estimate of drug-likeness (QED) is 0.692. The summed E-state index contributed by atoms with van der Waals surface area (Å²) in [5.41, 5.74) is 1.48. The summed E-state index contributed by atoms with van der Waals surface area (Å²) >= 11 is 0. The van der Waals surface area contributed by atoms with E-state index in [0.717, 1.165) is 24.2 Å². The van der Waals surface area contributed by atoms with Gasteiger partial charge in [-0.05, 0) is 68.6 Å². The van der Waals surface area contributed by atoms with E-state index in [1.807, 2.05) is 6.92 Å². The maximum absolute atomic E-state index is 5.86. The fourth-order valence-corrected chi connectivity index (χ4v) is 3.87. The molecule has 0 N–H and O–H groups in total. The molecule has 116 valence electrons. The second-order valence-corrected chi connectivity index (χ2v) is 6.54. The Labute approximate surface area is 128 Å². The van der Waals surface area contributed by atoms with Crippen LogP contribution in [-0.2, 0) is 4.74 Å². The second kappa shape index (κ2) is 6.83. The van der Waals surface area contributed by atoms with Crippen molar-refractivity contribution in [2.24, 2.45) is 5.92 Å². The van der Waals surface area contributed by atoms with E-state index in [1.165, 1.54) is 44.1 Å². The Morgan fingerprint density at radius 2 is 1.76 bits per heavy atom. The lowest BCUT2D eigenvalue weighted by Crippen LogP contribution is -2.19. The Morgan fingerprint density at radius 3 is 2.38 bits per heavy atom. The fourth-order valence-electron chi connectivity index (χ4n) is 3.87. The van der Waals surface area contributed by atoms with E-state index in [2.05, 4.69) is 31.2 Å². The first-order valence-electron chi connectivity index (χ1n) is 8.70. The lowest BCUT2D eigenvalue weighted by atomic mass is 9.77. The van der Waals surface area contributed by atoms with Crippen molar-refractivity contribution < 1.29 is 9.47 Å². The number of rotatable bonds is 6. The van der Waals surface area contributed by atoms with Gasteiger partial charge in [-0.1, -0.05) is 25.5 Å². The van der Waals surface area contributed by atoms with Gasteiger partial charge in [0.15, 0.2) is 0 Å². The predicted molar refractivity (Wildman–Crippen MR) is 85.9 cm³/mol. The zero-order valence-electron chi connectivity index (χ0n) is 13.4.